The maximum absolute atomic E-state index is 5.80. The normalized spacial score (nSPS) is 12.8. The molecular formula is C13H13N3OS. The average molecular weight is 259 g/mol. The standard InChI is InChI=1S/C13H13N3OS/c1-8(14-13-16-15-9(2)18-13)12-7-10-5-3-4-6-11(10)17-12/h3-8H,1-2H3,(H,14,16)/t8-/m1/s1. The van der Waals surface area contributed by atoms with Gasteiger partial charge in [0.05, 0.1) is 6.04 Å². The molecule has 0 saturated heterocycles. The number of benzene rings is 1. The molecule has 2 heterocycles. The fourth-order valence-corrected chi connectivity index (χ4v) is 2.51. The van der Waals surface area contributed by atoms with E-state index in [4.69, 9.17) is 4.42 Å². The van der Waals surface area contributed by atoms with Crippen LogP contribution < -0.4 is 5.32 Å². The molecule has 0 unspecified atom stereocenters. The molecule has 0 saturated carbocycles. The Morgan fingerprint density at radius 3 is 2.83 bits per heavy atom. The third kappa shape index (κ3) is 2.09. The van der Waals surface area contributed by atoms with Gasteiger partial charge in [0, 0.05) is 5.39 Å². The van der Waals surface area contributed by atoms with E-state index in [2.05, 4.69) is 28.5 Å². The molecule has 0 fully saturated rings. The Morgan fingerprint density at radius 2 is 2.11 bits per heavy atom. The number of furan rings is 1. The summed E-state index contributed by atoms with van der Waals surface area (Å²) in [7, 11) is 0. The van der Waals surface area contributed by atoms with Gasteiger partial charge in [-0.2, -0.15) is 0 Å². The first-order valence-corrected chi connectivity index (χ1v) is 6.59. The van der Waals surface area contributed by atoms with E-state index in [1.165, 1.54) is 0 Å². The summed E-state index contributed by atoms with van der Waals surface area (Å²) >= 11 is 1.54. The summed E-state index contributed by atoms with van der Waals surface area (Å²) in [5.41, 5.74) is 0.912. The molecule has 1 atom stereocenters. The number of nitrogens with zero attached hydrogens (tertiary/aromatic N) is 2. The lowest BCUT2D eigenvalue weighted by molar-refractivity contribution is 0.526. The molecule has 0 amide bonds. The van der Waals surface area contributed by atoms with Crippen molar-refractivity contribution in [3.63, 3.8) is 0 Å². The van der Waals surface area contributed by atoms with Gasteiger partial charge in [-0.05, 0) is 26.0 Å². The first kappa shape index (κ1) is 11.2. The van der Waals surface area contributed by atoms with Crippen LogP contribution in [0, 0.1) is 6.92 Å². The van der Waals surface area contributed by atoms with Crippen LogP contribution >= 0.6 is 11.3 Å². The van der Waals surface area contributed by atoms with Crippen molar-refractivity contribution >= 4 is 27.4 Å². The van der Waals surface area contributed by atoms with Gasteiger partial charge in [0.15, 0.2) is 0 Å². The zero-order chi connectivity index (χ0) is 12.5. The topological polar surface area (TPSA) is 51.0 Å². The largest absolute Gasteiger partial charge is 0.459 e. The van der Waals surface area contributed by atoms with Gasteiger partial charge in [0.1, 0.15) is 16.4 Å². The van der Waals surface area contributed by atoms with Crippen LogP contribution in [0.25, 0.3) is 11.0 Å². The number of hydrogen-bond donors (Lipinski definition) is 1. The lowest BCUT2D eigenvalue weighted by Gasteiger charge is -2.08. The highest BCUT2D eigenvalue weighted by Gasteiger charge is 2.12. The second-order valence-corrected chi connectivity index (χ2v) is 5.36. The Kier molecular flexibility index (Phi) is 2.76. The van der Waals surface area contributed by atoms with Crippen molar-refractivity contribution in [3.8, 4) is 0 Å². The lowest BCUT2D eigenvalue weighted by atomic mass is 10.2. The molecule has 92 valence electrons. The van der Waals surface area contributed by atoms with E-state index < -0.39 is 0 Å². The zero-order valence-electron chi connectivity index (χ0n) is 10.2. The molecule has 0 aliphatic heterocycles. The molecule has 1 N–H and O–H groups in total. The molecule has 0 aliphatic rings. The summed E-state index contributed by atoms with van der Waals surface area (Å²) < 4.78 is 5.80. The fraction of sp³-hybridized carbons (Fsp3) is 0.231. The van der Waals surface area contributed by atoms with Crippen LogP contribution in [0.5, 0.6) is 0 Å². The summed E-state index contributed by atoms with van der Waals surface area (Å²) in [5.74, 6) is 0.907. The van der Waals surface area contributed by atoms with Gasteiger partial charge in [-0.1, -0.05) is 29.5 Å². The predicted molar refractivity (Wildman–Crippen MR) is 72.9 cm³/mol. The summed E-state index contributed by atoms with van der Waals surface area (Å²) in [6, 6.07) is 10.1. The quantitative estimate of drug-likeness (QED) is 0.778. The van der Waals surface area contributed by atoms with E-state index >= 15 is 0 Å². The van der Waals surface area contributed by atoms with Gasteiger partial charge in [-0.3, -0.25) is 0 Å². The Balaban J connectivity index is 1.85. The molecule has 0 spiro atoms. The Morgan fingerprint density at radius 1 is 1.28 bits per heavy atom. The van der Waals surface area contributed by atoms with Crippen LogP contribution in [0.1, 0.15) is 23.7 Å². The van der Waals surface area contributed by atoms with E-state index in [9.17, 15) is 0 Å². The van der Waals surface area contributed by atoms with Crippen molar-refractivity contribution in [1.82, 2.24) is 10.2 Å². The van der Waals surface area contributed by atoms with Crippen molar-refractivity contribution in [2.45, 2.75) is 19.9 Å². The SMILES string of the molecule is Cc1nnc(N[C@H](C)c2cc3ccccc3o2)s1. The molecule has 18 heavy (non-hydrogen) atoms. The summed E-state index contributed by atoms with van der Waals surface area (Å²) in [5, 5.41) is 14.2. The van der Waals surface area contributed by atoms with Crippen LogP contribution in [0.3, 0.4) is 0 Å². The summed E-state index contributed by atoms with van der Waals surface area (Å²) in [6.45, 7) is 3.99. The minimum atomic E-state index is 0.0738. The number of fused-ring (bicyclic) bond motifs is 1. The first-order valence-electron chi connectivity index (χ1n) is 5.77. The molecule has 4 nitrogen and oxygen atoms in total. The van der Waals surface area contributed by atoms with Crippen molar-refractivity contribution < 1.29 is 4.42 Å². The van der Waals surface area contributed by atoms with Gasteiger partial charge >= 0.3 is 0 Å². The van der Waals surface area contributed by atoms with E-state index in [0.29, 0.717) is 0 Å². The molecule has 3 aromatic rings. The number of anilines is 1. The number of nitrogens with one attached hydrogen (secondary N) is 1. The maximum atomic E-state index is 5.80. The average Bonchev–Trinajstić information content (AvgIpc) is 2.95. The van der Waals surface area contributed by atoms with Crippen molar-refractivity contribution in [3.05, 3.63) is 41.1 Å². The molecule has 1 aromatic carbocycles. The number of para-hydroxylation sites is 1. The Labute approximate surface area is 109 Å². The van der Waals surface area contributed by atoms with Gasteiger partial charge in [0.2, 0.25) is 5.13 Å². The van der Waals surface area contributed by atoms with Gasteiger partial charge in [0.25, 0.3) is 0 Å². The maximum Gasteiger partial charge on any atom is 0.206 e. The molecule has 3 rings (SSSR count). The van der Waals surface area contributed by atoms with Gasteiger partial charge in [-0.25, -0.2) is 0 Å². The van der Waals surface area contributed by atoms with Crippen LogP contribution in [0.15, 0.2) is 34.7 Å². The van der Waals surface area contributed by atoms with E-state index in [0.717, 1.165) is 26.9 Å². The minimum absolute atomic E-state index is 0.0738. The number of aromatic nitrogens is 2. The molecule has 0 aliphatic carbocycles. The van der Waals surface area contributed by atoms with Gasteiger partial charge < -0.3 is 9.73 Å². The smallest absolute Gasteiger partial charge is 0.206 e. The lowest BCUT2D eigenvalue weighted by Crippen LogP contribution is -2.04. The van der Waals surface area contributed by atoms with E-state index in [1.54, 1.807) is 11.3 Å². The summed E-state index contributed by atoms with van der Waals surface area (Å²) in [6.07, 6.45) is 0. The van der Waals surface area contributed by atoms with Crippen molar-refractivity contribution in [1.29, 1.82) is 0 Å². The number of hydrogen-bond acceptors (Lipinski definition) is 5. The van der Waals surface area contributed by atoms with E-state index in [-0.39, 0.29) is 6.04 Å². The van der Waals surface area contributed by atoms with Gasteiger partial charge in [-0.15, -0.1) is 10.2 Å². The van der Waals surface area contributed by atoms with Crippen LogP contribution in [-0.4, -0.2) is 10.2 Å². The number of aryl methyl sites for hydroxylation is 1. The third-order valence-corrected chi connectivity index (χ3v) is 3.51. The first-order chi connectivity index (χ1) is 8.72. The highest BCUT2D eigenvalue weighted by molar-refractivity contribution is 7.15. The van der Waals surface area contributed by atoms with Crippen LogP contribution in [-0.2, 0) is 0 Å². The highest BCUT2D eigenvalue weighted by atomic mass is 32.1. The van der Waals surface area contributed by atoms with Crippen molar-refractivity contribution in [2.75, 3.05) is 5.32 Å². The van der Waals surface area contributed by atoms with Crippen LogP contribution in [0.2, 0.25) is 0 Å². The monoisotopic (exact) mass is 259 g/mol. The second kappa shape index (κ2) is 4.42. The third-order valence-electron chi connectivity index (χ3n) is 2.74. The van der Waals surface area contributed by atoms with Crippen LogP contribution in [0.4, 0.5) is 5.13 Å². The van der Waals surface area contributed by atoms with Crippen molar-refractivity contribution in [2.24, 2.45) is 0 Å². The Hall–Kier alpha value is -1.88. The molecular weight excluding hydrogens is 246 g/mol. The zero-order valence-corrected chi connectivity index (χ0v) is 11.0. The molecule has 0 radical (unpaired) electrons. The van der Waals surface area contributed by atoms with E-state index in [1.807, 2.05) is 31.2 Å². The Bertz CT molecular complexity index is 640. The second-order valence-electron chi connectivity index (χ2n) is 4.18. The molecule has 0 bridgehead atoms. The highest BCUT2D eigenvalue weighted by Crippen LogP contribution is 2.26. The fourth-order valence-electron chi connectivity index (χ4n) is 1.83. The summed E-state index contributed by atoms with van der Waals surface area (Å²) in [4.78, 5) is 0. The number of rotatable bonds is 3. The predicted octanol–water partition coefficient (Wildman–Crippen LogP) is 3.77. The molecule has 5 heteroatoms. The minimum Gasteiger partial charge on any atom is -0.459 e. The molecule has 2 aromatic heterocycles.